The number of benzene rings is 3. The van der Waals surface area contributed by atoms with Crippen molar-refractivity contribution in [2.75, 3.05) is 44.1 Å². The van der Waals surface area contributed by atoms with Gasteiger partial charge in [0.1, 0.15) is 6.54 Å². The van der Waals surface area contributed by atoms with Crippen molar-refractivity contribution in [2.45, 2.75) is 18.4 Å². The third-order valence-corrected chi connectivity index (χ3v) is 7.26. The smallest absolute Gasteiger partial charge is 0.264 e. The first kappa shape index (κ1) is 25.9. The molecule has 0 spiro atoms. The van der Waals surface area contributed by atoms with E-state index in [-0.39, 0.29) is 23.7 Å². The van der Waals surface area contributed by atoms with E-state index in [0.717, 1.165) is 21.1 Å². The number of ether oxygens (including phenoxy) is 2. The van der Waals surface area contributed by atoms with Gasteiger partial charge in [-0.1, -0.05) is 29.8 Å². The summed E-state index contributed by atoms with van der Waals surface area (Å²) in [5, 5.41) is 2.82. The average Bonchev–Trinajstić information content (AvgIpc) is 2.86. The molecule has 1 N–H and O–H groups in total. The molecule has 8 nitrogen and oxygen atoms in total. The van der Waals surface area contributed by atoms with Crippen LogP contribution in [0.15, 0.2) is 71.6 Å². The van der Waals surface area contributed by atoms with Crippen molar-refractivity contribution in [3.8, 4) is 11.5 Å². The van der Waals surface area contributed by atoms with Gasteiger partial charge in [0, 0.05) is 32.4 Å². The Hall–Kier alpha value is -3.72. The second-order valence-electron chi connectivity index (χ2n) is 8.20. The number of carbonyl (C=O) groups is 1. The van der Waals surface area contributed by atoms with Crippen molar-refractivity contribution in [1.82, 2.24) is 5.32 Å². The van der Waals surface area contributed by atoms with Crippen molar-refractivity contribution in [3.05, 3.63) is 77.9 Å². The molecular formula is C26H31N3O5S. The molecular weight excluding hydrogens is 466 g/mol. The number of hydrogen-bond donors (Lipinski definition) is 1. The lowest BCUT2D eigenvalue weighted by molar-refractivity contribution is -0.119. The molecule has 35 heavy (non-hydrogen) atoms. The third-order valence-electron chi connectivity index (χ3n) is 5.49. The molecule has 0 saturated heterocycles. The highest BCUT2D eigenvalue weighted by molar-refractivity contribution is 7.92. The fourth-order valence-electron chi connectivity index (χ4n) is 3.43. The first-order valence-electron chi connectivity index (χ1n) is 11.0. The van der Waals surface area contributed by atoms with E-state index in [1.54, 1.807) is 24.3 Å². The molecule has 0 bridgehead atoms. The summed E-state index contributed by atoms with van der Waals surface area (Å²) in [6, 6.07) is 19.1. The summed E-state index contributed by atoms with van der Waals surface area (Å²) in [7, 11) is 2.73. The third kappa shape index (κ3) is 6.24. The van der Waals surface area contributed by atoms with Gasteiger partial charge in [-0.3, -0.25) is 9.10 Å². The average molecular weight is 498 g/mol. The summed E-state index contributed by atoms with van der Waals surface area (Å²) < 4.78 is 38.9. The molecule has 0 radical (unpaired) electrons. The SMILES string of the molecule is COc1ccc(S(=O)(=O)N(CC(=O)NCc2ccc(N(C)C)cc2)c2ccc(C)cc2)cc1OC. The Morgan fingerprint density at radius 2 is 1.46 bits per heavy atom. The molecule has 9 heteroatoms. The molecule has 0 aliphatic rings. The molecule has 0 aliphatic carbocycles. The summed E-state index contributed by atoms with van der Waals surface area (Å²) >= 11 is 0. The maximum Gasteiger partial charge on any atom is 0.264 e. The number of amides is 1. The molecule has 0 unspecified atom stereocenters. The minimum Gasteiger partial charge on any atom is -0.493 e. The monoisotopic (exact) mass is 497 g/mol. The zero-order valence-corrected chi connectivity index (χ0v) is 21.4. The van der Waals surface area contributed by atoms with E-state index in [0.29, 0.717) is 11.4 Å². The van der Waals surface area contributed by atoms with Gasteiger partial charge >= 0.3 is 0 Å². The standard InChI is InChI=1S/C26H31N3O5S/c1-19-6-10-22(11-7-19)29(35(31,32)23-14-15-24(33-4)25(16-23)34-5)18-26(30)27-17-20-8-12-21(13-9-20)28(2)3/h6-16H,17-18H2,1-5H3,(H,27,30). The number of methoxy groups -OCH3 is 2. The molecule has 3 aromatic carbocycles. The quantitative estimate of drug-likeness (QED) is 0.461. The minimum absolute atomic E-state index is 0.0113. The largest absolute Gasteiger partial charge is 0.493 e. The number of hydrogen-bond acceptors (Lipinski definition) is 6. The Morgan fingerprint density at radius 3 is 2.03 bits per heavy atom. The topological polar surface area (TPSA) is 88.2 Å². The number of sulfonamides is 1. The first-order valence-corrected chi connectivity index (χ1v) is 12.4. The first-order chi connectivity index (χ1) is 16.6. The molecule has 3 rings (SSSR count). The zero-order valence-electron chi connectivity index (χ0n) is 20.6. The maximum atomic E-state index is 13.6. The molecule has 0 saturated carbocycles. The van der Waals surface area contributed by atoms with Gasteiger partial charge in [0.15, 0.2) is 11.5 Å². The number of rotatable bonds is 10. The van der Waals surface area contributed by atoms with Crippen LogP contribution in [0.3, 0.4) is 0 Å². The van der Waals surface area contributed by atoms with Crippen molar-refractivity contribution >= 4 is 27.3 Å². The van der Waals surface area contributed by atoms with Gasteiger partial charge in [0.2, 0.25) is 5.91 Å². The van der Waals surface area contributed by atoms with Crippen LogP contribution in [0.4, 0.5) is 11.4 Å². The summed E-state index contributed by atoms with van der Waals surface area (Å²) in [5.74, 6) is 0.265. The summed E-state index contributed by atoms with van der Waals surface area (Å²) in [6.07, 6.45) is 0. The second kappa shape index (κ2) is 11.1. The van der Waals surface area contributed by atoms with Crippen LogP contribution in [0, 0.1) is 6.92 Å². The van der Waals surface area contributed by atoms with E-state index >= 15 is 0 Å². The summed E-state index contributed by atoms with van der Waals surface area (Å²) in [4.78, 5) is 14.8. The van der Waals surface area contributed by atoms with Crippen LogP contribution in [-0.2, 0) is 21.4 Å². The van der Waals surface area contributed by atoms with Gasteiger partial charge in [0.25, 0.3) is 10.0 Å². The van der Waals surface area contributed by atoms with Gasteiger partial charge < -0.3 is 19.7 Å². The Balaban J connectivity index is 1.86. The molecule has 0 atom stereocenters. The molecule has 1 amide bonds. The van der Waals surface area contributed by atoms with Gasteiger partial charge in [-0.15, -0.1) is 0 Å². The van der Waals surface area contributed by atoms with Crippen LogP contribution in [0.5, 0.6) is 11.5 Å². The highest BCUT2D eigenvalue weighted by Crippen LogP contribution is 2.32. The van der Waals surface area contributed by atoms with Gasteiger partial charge in [0.05, 0.1) is 24.8 Å². The van der Waals surface area contributed by atoms with Crippen LogP contribution in [-0.4, -0.2) is 49.2 Å². The van der Waals surface area contributed by atoms with Crippen molar-refractivity contribution in [1.29, 1.82) is 0 Å². The van der Waals surface area contributed by atoms with Gasteiger partial charge in [-0.05, 0) is 48.9 Å². The predicted octanol–water partition coefficient (Wildman–Crippen LogP) is 3.59. The Morgan fingerprint density at radius 1 is 0.857 bits per heavy atom. The maximum absolute atomic E-state index is 13.6. The van der Waals surface area contributed by atoms with Gasteiger partial charge in [-0.2, -0.15) is 0 Å². The number of nitrogens with one attached hydrogen (secondary N) is 1. The number of anilines is 2. The minimum atomic E-state index is -4.09. The molecule has 0 heterocycles. The summed E-state index contributed by atoms with van der Waals surface area (Å²) in [5.41, 5.74) is 3.32. The van der Waals surface area contributed by atoms with Crippen LogP contribution >= 0.6 is 0 Å². The van der Waals surface area contributed by atoms with E-state index in [2.05, 4.69) is 5.32 Å². The molecule has 3 aromatic rings. The molecule has 0 aliphatic heterocycles. The molecule has 0 aromatic heterocycles. The van der Waals surface area contributed by atoms with E-state index in [9.17, 15) is 13.2 Å². The zero-order chi connectivity index (χ0) is 25.6. The van der Waals surface area contributed by atoms with E-state index in [1.165, 1.54) is 32.4 Å². The van der Waals surface area contributed by atoms with Crippen LogP contribution in [0.1, 0.15) is 11.1 Å². The Kier molecular flexibility index (Phi) is 8.24. The van der Waals surface area contributed by atoms with Crippen molar-refractivity contribution < 1.29 is 22.7 Å². The van der Waals surface area contributed by atoms with Crippen LogP contribution in [0.2, 0.25) is 0 Å². The van der Waals surface area contributed by atoms with Crippen molar-refractivity contribution in [2.24, 2.45) is 0 Å². The predicted molar refractivity (Wildman–Crippen MR) is 138 cm³/mol. The van der Waals surface area contributed by atoms with E-state index in [4.69, 9.17) is 9.47 Å². The Bertz CT molecular complexity index is 1260. The van der Waals surface area contributed by atoms with E-state index in [1.807, 2.05) is 50.2 Å². The highest BCUT2D eigenvalue weighted by atomic mass is 32.2. The lowest BCUT2D eigenvalue weighted by Gasteiger charge is -2.24. The van der Waals surface area contributed by atoms with E-state index < -0.39 is 15.9 Å². The summed E-state index contributed by atoms with van der Waals surface area (Å²) in [6.45, 7) is 1.81. The fraction of sp³-hybridized carbons (Fsp3) is 0.269. The van der Waals surface area contributed by atoms with Gasteiger partial charge in [-0.25, -0.2) is 8.42 Å². The second-order valence-corrected chi connectivity index (χ2v) is 10.1. The number of aryl methyl sites for hydroxylation is 1. The lowest BCUT2D eigenvalue weighted by atomic mass is 10.2. The van der Waals surface area contributed by atoms with Crippen molar-refractivity contribution in [3.63, 3.8) is 0 Å². The van der Waals surface area contributed by atoms with Crippen LogP contribution in [0.25, 0.3) is 0 Å². The fourth-order valence-corrected chi connectivity index (χ4v) is 4.87. The number of carbonyl (C=O) groups excluding carboxylic acids is 1. The van der Waals surface area contributed by atoms with Crippen LogP contribution < -0.4 is 24.0 Å². The highest BCUT2D eigenvalue weighted by Gasteiger charge is 2.28. The normalized spacial score (nSPS) is 11.0. The molecule has 0 fully saturated rings. The Labute approximate surface area is 207 Å². The number of nitrogens with zero attached hydrogens (tertiary/aromatic N) is 2. The lowest BCUT2D eigenvalue weighted by Crippen LogP contribution is -2.40. The molecule has 186 valence electrons.